The fourth-order valence-corrected chi connectivity index (χ4v) is 1.81. The lowest BCUT2D eigenvalue weighted by Crippen LogP contribution is -2.43. The highest BCUT2D eigenvalue weighted by molar-refractivity contribution is 5.71. The van der Waals surface area contributed by atoms with Crippen molar-refractivity contribution in [1.82, 2.24) is 4.90 Å². The van der Waals surface area contributed by atoms with Crippen molar-refractivity contribution in [3.8, 4) is 0 Å². The number of aliphatic hydroxyl groups excluding tert-OH is 1. The maximum atomic E-state index is 10.9. The highest BCUT2D eigenvalue weighted by atomic mass is 16.5. The van der Waals surface area contributed by atoms with Gasteiger partial charge < -0.3 is 14.9 Å². The first kappa shape index (κ1) is 12.4. The molecule has 5 nitrogen and oxygen atoms in total. The Morgan fingerprint density at radius 3 is 2.80 bits per heavy atom. The van der Waals surface area contributed by atoms with Gasteiger partial charge in [-0.2, -0.15) is 0 Å². The summed E-state index contributed by atoms with van der Waals surface area (Å²) in [5.74, 6) is -1.30. The summed E-state index contributed by atoms with van der Waals surface area (Å²) in [6.07, 6.45) is 0.278. The monoisotopic (exact) mass is 217 g/mol. The summed E-state index contributed by atoms with van der Waals surface area (Å²) in [6, 6.07) is -0.122. The summed E-state index contributed by atoms with van der Waals surface area (Å²) in [7, 11) is 1.83. The molecule has 3 atom stereocenters. The van der Waals surface area contributed by atoms with Gasteiger partial charge in [0.2, 0.25) is 0 Å². The van der Waals surface area contributed by atoms with E-state index in [9.17, 15) is 9.90 Å². The van der Waals surface area contributed by atoms with Crippen molar-refractivity contribution in [3.63, 3.8) is 0 Å². The number of aliphatic hydroxyl groups is 1. The normalized spacial score (nSPS) is 28.3. The van der Waals surface area contributed by atoms with Crippen LogP contribution in [-0.4, -0.2) is 60.0 Å². The molecule has 3 unspecified atom stereocenters. The second kappa shape index (κ2) is 5.44. The number of carboxylic acids is 1. The number of likely N-dealkylation sites (N-methyl/N-ethyl adjacent to an activating group) is 1. The van der Waals surface area contributed by atoms with Gasteiger partial charge in [0.15, 0.2) is 0 Å². The zero-order valence-electron chi connectivity index (χ0n) is 9.22. The second-order valence-electron chi connectivity index (χ2n) is 4.05. The molecule has 1 fully saturated rings. The van der Waals surface area contributed by atoms with Crippen LogP contribution >= 0.6 is 0 Å². The van der Waals surface area contributed by atoms with Crippen molar-refractivity contribution in [1.29, 1.82) is 0 Å². The summed E-state index contributed by atoms with van der Waals surface area (Å²) < 4.78 is 5.16. The third kappa shape index (κ3) is 3.15. The number of ether oxygens (including phenoxy) is 1. The van der Waals surface area contributed by atoms with E-state index in [0.29, 0.717) is 19.6 Å². The number of rotatable bonds is 5. The maximum absolute atomic E-state index is 10.9. The number of hydrogen-bond acceptors (Lipinski definition) is 4. The smallest absolute Gasteiger partial charge is 0.310 e. The van der Waals surface area contributed by atoms with E-state index in [4.69, 9.17) is 9.84 Å². The predicted octanol–water partition coefficient (Wildman–Crippen LogP) is -0.211. The van der Waals surface area contributed by atoms with Crippen LogP contribution in [0.25, 0.3) is 0 Å². The van der Waals surface area contributed by atoms with Gasteiger partial charge in [-0.15, -0.1) is 0 Å². The minimum atomic E-state index is -0.824. The summed E-state index contributed by atoms with van der Waals surface area (Å²) in [5.41, 5.74) is 0. The minimum Gasteiger partial charge on any atom is -0.481 e. The average Bonchev–Trinajstić information content (AvgIpc) is 2.65. The van der Waals surface area contributed by atoms with Crippen molar-refractivity contribution in [2.24, 2.45) is 5.92 Å². The summed E-state index contributed by atoms with van der Waals surface area (Å²) in [4.78, 5) is 12.8. The fourth-order valence-electron chi connectivity index (χ4n) is 1.81. The van der Waals surface area contributed by atoms with Crippen LogP contribution < -0.4 is 0 Å². The minimum absolute atomic E-state index is 0.122. The first-order valence-electron chi connectivity index (χ1n) is 5.25. The summed E-state index contributed by atoms with van der Waals surface area (Å²) in [5, 5.41) is 18.4. The van der Waals surface area contributed by atoms with E-state index in [1.165, 1.54) is 0 Å². The zero-order valence-corrected chi connectivity index (χ0v) is 9.22. The van der Waals surface area contributed by atoms with Crippen LogP contribution in [0, 0.1) is 5.92 Å². The Bertz CT molecular complexity index is 221. The molecule has 15 heavy (non-hydrogen) atoms. The summed E-state index contributed by atoms with van der Waals surface area (Å²) >= 11 is 0. The summed E-state index contributed by atoms with van der Waals surface area (Å²) in [6.45, 7) is 3.10. The zero-order chi connectivity index (χ0) is 11.4. The molecule has 1 heterocycles. The third-order valence-electron chi connectivity index (χ3n) is 2.90. The molecule has 0 radical (unpaired) electrons. The van der Waals surface area contributed by atoms with Crippen molar-refractivity contribution < 1.29 is 19.7 Å². The van der Waals surface area contributed by atoms with Crippen LogP contribution in [0.15, 0.2) is 0 Å². The number of nitrogens with zero attached hydrogens (tertiary/aromatic N) is 1. The van der Waals surface area contributed by atoms with Crippen molar-refractivity contribution in [2.45, 2.75) is 25.5 Å². The molecule has 0 aliphatic carbocycles. The first-order valence-corrected chi connectivity index (χ1v) is 5.25. The lowest BCUT2D eigenvalue weighted by molar-refractivity contribution is -0.143. The van der Waals surface area contributed by atoms with Gasteiger partial charge in [0.05, 0.1) is 25.2 Å². The Kier molecular flexibility index (Phi) is 4.50. The van der Waals surface area contributed by atoms with Gasteiger partial charge >= 0.3 is 5.97 Å². The molecular formula is C10H19NO4. The number of hydrogen-bond donors (Lipinski definition) is 2. The number of carboxylic acid groups (broad SMARTS) is 1. The van der Waals surface area contributed by atoms with Gasteiger partial charge in [-0.25, -0.2) is 0 Å². The molecule has 0 saturated carbocycles. The van der Waals surface area contributed by atoms with Crippen LogP contribution in [0.4, 0.5) is 0 Å². The van der Waals surface area contributed by atoms with Crippen LogP contribution in [0.1, 0.15) is 13.3 Å². The van der Waals surface area contributed by atoms with Crippen molar-refractivity contribution in [2.75, 3.05) is 26.8 Å². The number of carbonyl (C=O) groups is 1. The van der Waals surface area contributed by atoms with Gasteiger partial charge in [0.1, 0.15) is 0 Å². The molecule has 5 heteroatoms. The molecule has 1 saturated heterocycles. The van der Waals surface area contributed by atoms with E-state index < -0.39 is 18.0 Å². The molecule has 1 aliphatic rings. The number of aliphatic carboxylic acids is 1. The van der Waals surface area contributed by atoms with Crippen molar-refractivity contribution >= 4 is 5.97 Å². The fraction of sp³-hybridized carbons (Fsp3) is 0.900. The Labute approximate surface area is 89.6 Å². The molecule has 0 amide bonds. The largest absolute Gasteiger partial charge is 0.481 e. The Hall–Kier alpha value is -0.650. The molecule has 0 aromatic carbocycles. The SMILES string of the molecule is CCC(O)CN(C)C1COCC1C(=O)O. The lowest BCUT2D eigenvalue weighted by atomic mass is 10.0. The molecule has 0 bridgehead atoms. The molecule has 0 aromatic heterocycles. The molecule has 0 spiro atoms. The Morgan fingerprint density at radius 1 is 1.60 bits per heavy atom. The van der Waals surface area contributed by atoms with Gasteiger partial charge in [0, 0.05) is 12.6 Å². The van der Waals surface area contributed by atoms with Gasteiger partial charge in [-0.3, -0.25) is 9.69 Å². The molecule has 88 valence electrons. The Morgan fingerprint density at radius 2 is 2.27 bits per heavy atom. The van der Waals surface area contributed by atoms with E-state index in [-0.39, 0.29) is 12.6 Å². The second-order valence-corrected chi connectivity index (χ2v) is 4.05. The topological polar surface area (TPSA) is 70.0 Å². The first-order chi connectivity index (χ1) is 7.06. The van der Waals surface area contributed by atoms with Gasteiger partial charge in [-0.05, 0) is 13.5 Å². The molecular weight excluding hydrogens is 198 g/mol. The van der Waals surface area contributed by atoms with Gasteiger partial charge in [0.25, 0.3) is 0 Å². The van der Waals surface area contributed by atoms with E-state index in [1.54, 1.807) is 0 Å². The standard InChI is InChI=1S/C10H19NO4/c1-3-7(12)4-11(2)9-6-15-5-8(9)10(13)14/h7-9,12H,3-6H2,1-2H3,(H,13,14). The molecule has 2 N–H and O–H groups in total. The molecule has 1 aliphatic heterocycles. The van der Waals surface area contributed by atoms with E-state index in [1.807, 2.05) is 18.9 Å². The third-order valence-corrected chi connectivity index (χ3v) is 2.90. The van der Waals surface area contributed by atoms with Crippen LogP contribution in [0.5, 0.6) is 0 Å². The highest BCUT2D eigenvalue weighted by Gasteiger charge is 2.36. The van der Waals surface area contributed by atoms with E-state index in [0.717, 1.165) is 0 Å². The predicted molar refractivity (Wildman–Crippen MR) is 54.7 cm³/mol. The lowest BCUT2D eigenvalue weighted by Gasteiger charge is -2.27. The quantitative estimate of drug-likeness (QED) is 0.666. The van der Waals surface area contributed by atoms with Crippen LogP contribution in [0.3, 0.4) is 0 Å². The van der Waals surface area contributed by atoms with Gasteiger partial charge in [-0.1, -0.05) is 6.92 Å². The van der Waals surface area contributed by atoms with E-state index >= 15 is 0 Å². The van der Waals surface area contributed by atoms with Crippen LogP contribution in [-0.2, 0) is 9.53 Å². The molecule has 0 aromatic rings. The maximum Gasteiger partial charge on any atom is 0.310 e. The molecule has 1 rings (SSSR count). The van der Waals surface area contributed by atoms with E-state index in [2.05, 4.69) is 0 Å². The average molecular weight is 217 g/mol. The van der Waals surface area contributed by atoms with Crippen LogP contribution in [0.2, 0.25) is 0 Å². The Balaban J connectivity index is 2.50. The highest BCUT2D eigenvalue weighted by Crippen LogP contribution is 2.19. The van der Waals surface area contributed by atoms with Crippen molar-refractivity contribution in [3.05, 3.63) is 0 Å².